The summed E-state index contributed by atoms with van der Waals surface area (Å²) in [6.07, 6.45) is 8.52. The molecule has 4 nitrogen and oxygen atoms in total. The lowest BCUT2D eigenvalue weighted by Crippen LogP contribution is -2.36. The summed E-state index contributed by atoms with van der Waals surface area (Å²) >= 11 is 0. The fourth-order valence-corrected chi connectivity index (χ4v) is 4.74. The van der Waals surface area contributed by atoms with E-state index in [0.29, 0.717) is 28.5 Å². The molecule has 1 amide bonds. The Hall–Kier alpha value is -3.02. The van der Waals surface area contributed by atoms with Gasteiger partial charge in [0, 0.05) is 31.1 Å². The Balaban J connectivity index is 1.33. The number of nitrogens with one attached hydrogen (secondary N) is 1. The molecule has 1 saturated heterocycles. The summed E-state index contributed by atoms with van der Waals surface area (Å²) in [6.45, 7) is 1.65. The van der Waals surface area contributed by atoms with Crippen LogP contribution in [-0.2, 0) is 4.79 Å². The van der Waals surface area contributed by atoms with Crippen LogP contribution < -0.4 is 10.2 Å². The topological polar surface area (TPSA) is 44.7 Å². The molecule has 0 saturated carbocycles. The number of anilines is 2. The first-order valence-electron chi connectivity index (χ1n) is 10.5. The van der Waals surface area contributed by atoms with Crippen LogP contribution in [0.2, 0.25) is 0 Å². The zero-order valence-corrected chi connectivity index (χ0v) is 16.6. The van der Waals surface area contributed by atoms with Crippen LogP contribution in [0.4, 0.5) is 25.8 Å². The van der Waals surface area contributed by atoms with Crippen molar-refractivity contribution in [1.29, 1.82) is 0 Å². The second kappa shape index (κ2) is 7.67. The van der Waals surface area contributed by atoms with Gasteiger partial charge in [0.1, 0.15) is 17.6 Å². The first kappa shape index (κ1) is 19.0. The zero-order valence-electron chi connectivity index (χ0n) is 16.6. The predicted octanol–water partition coefficient (Wildman–Crippen LogP) is 5.34. The van der Waals surface area contributed by atoms with Crippen LogP contribution >= 0.6 is 0 Å². The molecular weight excluding hydrogens is 384 g/mol. The van der Waals surface area contributed by atoms with Crippen molar-refractivity contribution in [2.24, 2.45) is 10.9 Å². The first-order valence-corrected chi connectivity index (χ1v) is 10.5. The quantitative estimate of drug-likeness (QED) is 0.551. The number of aliphatic imine (C=N–C) groups is 1. The van der Waals surface area contributed by atoms with Crippen molar-refractivity contribution in [3.05, 3.63) is 65.2 Å². The highest BCUT2D eigenvalue weighted by Crippen LogP contribution is 2.36. The van der Waals surface area contributed by atoms with Crippen molar-refractivity contribution < 1.29 is 13.6 Å². The molecule has 2 aliphatic heterocycles. The highest BCUT2D eigenvalue weighted by Gasteiger charge is 2.29. The predicted molar refractivity (Wildman–Crippen MR) is 115 cm³/mol. The summed E-state index contributed by atoms with van der Waals surface area (Å²) in [7, 11) is 0. The van der Waals surface area contributed by atoms with E-state index in [1.807, 2.05) is 0 Å². The van der Waals surface area contributed by atoms with Crippen LogP contribution in [-0.4, -0.2) is 25.2 Å². The summed E-state index contributed by atoms with van der Waals surface area (Å²) in [5.41, 5.74) is 3.62. The molecule has 154 valence electrons. The van der Waals surface area contributed by atoms with Gasteiger partial charge < -0.3 is 10.2 Å². The molecule has 0 radical (unpaired) electrons. The average molecular weight is 407 g/mol. The van der Waals surface area contributed by atoms with Gasteiger partial charge in [0.2, 0.25) is 5.91 Å². The van der Waals surface area contributed by atoms with Crippen molar-refractivity contribution in [3.63, 3.8) is 0 Å². The van der Waals surface area contributed by atoms with Crippen LogP contribution in [0.5, 0.6) is 0 Å². The SMILES string of the molecule is O=C1Nc2cc(F)ccc2C1C=Nc1ccc(N2CCC3CCCC=C3C2)c(F)c1. The number of carbonyl (C=O) groups excluding carboxylic acids is 1. The molecule has 2 heterocycles. The van der Waals surface area contributed by atoms with Crippen LogP contribution in [0.25, 0.3) is 0 Å². The van der Waals surface area contributed by atoms with Gasteiger partial charge >= 0.3 is 0 Å². The highest BCUT2D eigenvalue weighted by molar-refractivity contribution is 6.12. The van der Waals surface area contributed by atoms with E-state index in [1.165, 1.54) is 42.8 Å². The maximum atomic E-state index is 14.9. The minimum Gasteiger partial charge on any atom is -0.365 e. The van der Waals surface area contributed by atoms with Gasteiger partial charge in [0.25, 0.3) is 0 Å². The number of carbonyl (C=O) groups is 1. The highest BCUT2D eigenvalue weighted by atomic mass is 19.1. The molecule has 0 bridgehead atoms. The van der Waals surface area contributed by atoms with Crippen molar-refractivity contribution >= 4 is 29.2 Å². The third-order valence-electron chi connectivity index (χ3n) is 6.34. The Morgan fingerprint density at radius 3 is 2.90 bits per heavy atom. The molecule has 1 fully saturated rings. The van der Waals surface area contributed by atoms with Crippen molar-refractivity contribution in [2.75, 3.05) is 23.3 Å². The zero-order chi connectivity index (χ0) is 20.7. The lowest BCUT2D eigenvalue weighted by molar-refractivity contribution is -0.115. The Morgan fingerprint density at radius 2 is 2.03 bits per heavy atom. The normalized spacial score (nSPS) is 23.2. The van der Waals surface area contributed by atoms with Crippen LogP contribution in [0.1, 0.15) is 37.2 Å². The van der Waals surface area contributed by atoms with E-state index in [9.17, 15) is 13.6 Å². The van der Waals surface area contributed by atoms with E-state index in [0.717, 1.165) is 25.9 Å². The maximum absolute atomic E-state index is 14.9. The van der Waals surface area contributed by atoms with Gasteiger partial charge in [-0.25, -0.2) is 8.78 Å². The van der Waals surface area contributed by atoms with Gasteiger partial charge in [-0.05, 0) is 61.4 Å². The number of nitrogens with zero attached hydrogens (tertiary/aromatic N) is 2. The minimum atomic E-state index is -0.611. The van der Waals surface area contributed by atoms with E-state index >= 15 is 0 Å². The minimum absolute atomic E-state index is 0.264. The molecule has 2 aromatic rings. The van der Waals surface area contributed by atoms with Gasteiger partial charge in [0.15, 0.2) is 0 Å². The monoisotopic (exact) mass is 407 g/mol. The lowest BCUT2D eigenvalue weighted by atomic mass is 9.82. The van der Waals surface area contributed by atoms with Gasteiger partial charge in [-0.2, -0.15) is 0 Å². The number of hydrogen-bond acceptors (Lipinski definition) is 3. The summed E-state index contributed by atoms with van der Waals surface area (Å²) < 4.78 is 28.2. The molecule has 1 aliphatic carbocycles. The Morgan fingerprint density at radius 1 is 1.13 bits per heavy atom. The Bertz CT molecular complexity index is 1060. The van der Waals surface area contributed by atoms with Crippen LogP contribution in [0.3, 0.4) is 0 Å². The molecule has 3 aliphatic rings. The van der Waals surface area contributed by atoms with Gasteiger partial charge in [-0.3, -0.25) is 9.79 Å². The molecule has 2 aromatic carbocycles. The lowest BCUT2D eigenvalue weighted by Gasteiger charge is -2.37. The maximum Gasteiger partial charge on any atom is 0.237 e. The van der Waals surface area contributed by atoms with E-state index in [-0.39, 0.29) is 11.7 Å². The smallest absolute Gasteiger partial charge is 0.237 e. The summed E-state index contributed by atoms with van der Waals surface area (Å²) in [4.78, 5) is 18.6. The molecular formula is C24H23F2N3O. The summed E-state index contributed by atoms with van der Waals surface area (Å²) in [5.74, 6) is -0.924. The van der Waals surface area contributed by atoms with Crippen molar-refractivity contribution in [3.8, 4) is 0 Å². The largest absolute Gasteiger partial charge is 0.365 e. The van der Waals surface area contributed by atoms with E-state index in [4.69, 9.17) is 0 Å². The van der Waals surface area contributed by atoms with E-state index in [2.05, 4.69) is 21.3 Å². The first-order chi connectivity index (χ1) is 14.6. The number of allylic oxidation sites excluding steroid dienone is 1. The third-order valence-corrected chi connectivity index (χ3v) is 6.34. The molecule has 6 heteroatoms. The number of amides is 1. The molecule has 0 aromatic heterocycles. The average Bonchev–Trinajstić information content (AvgIpc) is 3.06. The van der Waals surface area contributed by atoms with E-state index in [1.54, 1.807) is 18.2 Å². The molecule has 5 rings (SSSR count). The van der Waals surface area contributed by atoms with Gasteiger partial charge in [-0.15, -0.1) is 0 Å². The summed E-state index contributed by atoms with van der Waals surface area (Å²) in [5, 5.41) is 2.65. The van der Waals surface area contributed by atoms with Crippen LogP contribution in [0.15, 0.2) is 53.0 Å². The fraction of sp³-hybridized carbons (Fsp3) is 0.333. The number of rotatable bonds is 3. The molecule has 1 N–H and O–H groups in total. The number of hydrogen-bond donors (Lipinski definition) is 1. The van der Waals surface area contributed by atoms with Crippen LogP contribution in [0, 0.1) is 17.6 Å². The summed E-state index contributed by atoms with van der Waals surface area (Å²) in [6, 6.07) is 9.14. The van der Waals surface area contributed by atoms with Gasteiger partial charge in [0.05, 0.1) is 11.4 Å². The van der Waals surface area contributed by atoms with Crippen molar-refractivity contribution in [1.82, 2.24) is 0 Å². The van der Waals surface area contributed by atoms with E-state index < -0.39 is 11.7 Å². The molecule has 30 heavy (non-hydrogen) atoms. The second-order valence-electron chi connectivity index (χ2n) is 8.23. The number of benzene rings is 2. The molecule has 2 unspecified atom stereocenters. The number of halogens is 2. The Kier molecular flexibility index (Phi) is 4.85. The fourth-order valence-electron chi connectivity index (χ4n) is 4.74. The third kappa shape index (κ3) is 3.51. The molecule has 0 spiro atoms. The molecule has 2 atom stereocenters. The second-order valence-corrected chi connectivity index (χ2v) is 8.23. The number of piperidine rings is 1. The van der Waals surface area contributed by atoms with Gasteiger partial charge in [-0.1, -0.05) is 17.7 Å². The Labute approximate surface area is 174 Å². The standard InChI is InChI=1S/C24H23F2N3O/c25-17-5-7-19-20(24(30)28-22(19)11-17)13-27-18-6-8-23(21(26)12-18)29-10-9-15-3-1-2-4-16(15)14-29/h4-8,11-13,15,20H,1-3,9-10,14H2,(H,28,30). The van der Waals surface area contributed by atoms with Crippen molar-refractivity contribution in [2.45, 2.75) is 31.6 Å². The number of fused-ring (bicyclic) bond motifs is 2.